The van der Waals surface area contributed by atoms with Gasteiger partial charge in [-0.25, -0.2) is 4.98 Å². The summed E-state index contributed by atoms with van der Waals surface area (Å²) in [6.45, 7) is 8.47. The summed E-state index contributed by atoms with van der Waals surface area (Å²) < 4.78 is 0. The first kappa shape index (κ1) is 22.8. The molecule has 1 aliphatic heterocycles. The molecule has 0 bridgehead atoms. The van der Waals surface area contributed by atoms with Crippen molar-refractivity contribution < 1.29 is 0 Å². The van der Waals surface area contributed by atoms with E-state index in [0.717, 1.165) is 30.0 Å². The maximum atomic E-state index is 6.01. The Morgan fingerprint density at radius 1 is 1.38 bits per heavy atom. The van der Waals surface area contributed by atoms with Crippen molar-refractivity contribution in [2.45, 2.75) is 6.42 Å². The van der Waals surface area contributed by atoms with Crippen LogP contribution in [0.4, 0.5) is 11.4 Å². The predicted octanol–water partition coefficient (Wildman–Crippen LogP) is 4.94. The van der Waals surface area contributed by atoms with E-state index < -0.39 is 0 Å². The number of para-hydroxylation sites is 1. The first-order valence-corrected chi connectivity index (χ1v) is 11.6. The lowest BCUT2D eigenvalue weighted by atomic mass is 9.89. The average molecular weight is 429 g/mol. The topological polar surface area (TPSA) is 68.2 Å². The molecule has 0 fully saturated rings. The number of nitrogens with two attached hydrogens (primary N) is 2. The number of allylic oxidation sites excluding steroid dienone is 1. The number of fused-ring (bicyclic) bond motifs is 1. The van der Waals surface area contributed by atoms with Gasteiger partial charge in [-0.2, -0.15) is 10.5 Å². The van der Waals surface area contributed by atoms with E-state index in [1.807, 2.05) is 6.08 Å². The normalized spacial score (nSPS) is 16.7. The second-order valence-electron chi connectivity index (χ2n) is 6.80. The van der Waals surface area contributed by atoms with Gasteiger partial charge in [-0.3, -0.25) is 0 Å². The highest BCUT2D eigenvalue weighted by Crippen LogP contribution is 2.36. The maximum absolute atomic E-state index is 6.01. The number of pyridine rings is 1. The first-order chi connectivity index (χ1) is 13.9. The van der Waals surface area contributed by atoms with Gasteiger partial charge in [0.1, 0.15) is 5.15 Å². The standard InChI is InChI=1S/C21H24ClN3S.C2H5N/c1-15-16(8-9-17-13-21(22)24-14-19(17)23)12-18-6-4-5-7-20(18)25(15)10-11-26(2)3;1-2-3/h4-9,13-14,16H,1-2,10-12,23H2,3H3;2H,1,3H2/b9-8+;. The number of hydrogen-bond donors (Lipinski definition) is 2. The van der Waals surface area contributed by atoms with E-state index in [1.165, 1.54) is 17.5 Å². The highest BCUT2D eigenvalue weighted by molar-refractivity contribution is 8.13. The lowest BCUT2D eigenvalue weighted by Crippen LogP contribution is -2.33. The van der Waals surface area contributed by atoms with Crippen LogP contribution < -0.4 is 16.4 Å². The molecule has 2 aromatic rings. The van der Waals surface area contributed by atoms with Crippen LogP contribution in [0.3, 0.4) is 0 Å². The Kier molecular flexibility index (Phi) is 8.55. The SMILES string of the molecule is C=C1C(/C=C/c2cc(Cl)ncc2N)Cc2ccccc2N1CCS(=C)C.C=CN. The van der Waals surface area contributed by atoms with E-state index in [4.69, 9.17) is 17.3 Å². The molecule has 0 aliphatic carbocycles. The summed E-state index contributed by atoms with van der Waals surface area (Å²) in [7, 11) is 0.152. The van der Waals surface area contributed by atoms with Crippen LogP contribution in [-0.4, -0.2) is 29.4 Å². The molecule has 0 saturated heterocycles. The van der Waals surface area contributed by atoms with Crippen LogP contribution in [0.25, 0.3) is 6.08 Å². The fraction of sp³-hybridized carbons (Fsp3) is 0.217. The van der Waals surface area contributed by atoms with E-state index in [2.05, 4.69) is 71.2 Å². The van der Waals surface area contributed by atoms with Gasteiger partial charge in [0.05, 0.1) is 11.9 Å². The van der Waals surface area contributed by atoms with Gasteiger partial charge < -0.3 is 16.4 Å². The number of halogens is 1. The highest BCUT2D eigenvalue weighted by Gasteiger charge is 2.26. The molecule has 2 heterocycles. The number of hydrogen-bond acceptors (Lipinski definition) is 4. The second kappa shape index (κ2) is 10.9. The average Bonchev–Trinajstić information content (AvgIpc) is 2.68. The monoisotopic (exact) mass is 428 g/mol. The molecule has 6 heteroatoms. The summed E-state index contributed by atoms with van der Waals surface area (Å²) in [5, 5.41) is 0.443. The van der Waals surface area contributed by atoms with Crippen molar-refractivity contribution in [3.05, 3.63) is 83.9 Å². The van der Waals surface area contributed by atoms with Crippen molar-refractivity contribution in [2.75, 3.05) is 29.2 Å². The van der Waals surface area contributed by atoms with Crippen LogP contribution in [0.2, 0.25) is 5.15 Å². The molecule has 0 saturated carbocycles. The van der Waals surface area contributed by atoms with Gasteiger partial charge in [-0.1, -0.05) is 61.0 Å². The van der Waals surface area contributed by atoms with E-state index in [1.54, 1.807) is 12.3 Å². The summed E-state index contributed by atoms with van der Waals surface area (Å²) in [4.78, 5) is 6.35. The molecule has 4 nitrogen and oxygen atoms in total. The van der Waals surface area contributed by atoms with Crippen LogP contribution in [0.5, 0.6) is 0 Å². The molecule has 154 valence electrons. The Morgan fingerprint density at radius 3 is 2.76 bits per heavy atom. The van der Waals surface area contributed by atoms with Crippen molar-refractivity contribution in [3.8, 4) is 0 Å². The third-order valence-corrected chi connectivity index (χ3v) is 5.69. The van der Waals surface area contributed by atoms with Crippen LogP contribution in [0.1, 0.15) is 11.1 Å². The highest BCUT2D eigenvalue weighted by atomic mass is 35.5. The third-order valence-electron chi connectivity index (χ3n) is 4.60. The summed E-state index contributed by atoms with van der Waals surface area (Å²) in [5.74, 6) is 5.42. The Labute approximate surface area is 181 Å². The number of benzene rings is 1. The van der Waals surface area contributed by atoms with Crippen LogP contribution >= 0.6 is 22.1 Å². The van der Waals surface area contributed by atoms with E-state index in [-0.39, 0.29) is 16.4 Å². The van der Waals surface area contributed by atoms with Crippen LogP contribution in [0, 0.1) is 5.92 Å². The molecule has 4 N–H and O–H groups in total. The van der Waals surface area contributed by atoms with Crippen molar-refractivity contribution in [3.63, 3.8) is 0 Å². The lowest BCUT2D eigenvalue weighted by molar-refractivity contribution is 0.681. The zero-order valence-corrected chi connectivity index (χ0v) is 18.4. The van der Waals surface area contributed by atoms with Gasteiger partial charge >= 0.3 is 0 Å². The summed E-state index contributed by atoms with van der Waals surface area (Å²) in [6.07, 6.45) is 10.1. The second-order valence-corrected chi connectivity index (χ2v) is 9.16. The molecule has 1 aliphatic rings. The molecule has 2 unspecified atom stereocenters. The lowest BCUT2D eigenvalue weighted by Gasteiger charge is -2.37. The number of nitrogens with zero attached hydrogens (tertiary/aromatic N) is 2. The largest absolute Gasteiger partial charge is 0.405 e. The molecule has 0 amide bonds. The number of anilines is 2. The third kappa shape index (κ3) is 6.24. The minimum absolute atomic E-state index is 0.152. The van der Waals surface area contributed by atoms with Crippen molar-refractivity contribution in [1.29, 1.82) is 0 Å². The molecule has 1 aromatic carbocycles. The number of nitrogen functional groups attached to an aromatic ring is 1. The zero-order chi connectivity index (χ0) is 21.4. The Morgan fingerprint density at radius 2 is 2.07 bits per heavy atom. The fourth-order valence-corrected chi connectivity index (χ4v) is 3.83. The van der Waals surface area contributed by atoms with E-state index in [0.29, 0.717) is 10.8 Å². The number of rotatable bonds is 5. The first-order valence-electron chi connectivity index (χ1n) is 9.25. The van der Waals surface area contributed by atoms with Gasteiger partial charge in [0, 0.05) is 35.2 Å². The molecule has 2 atom stereocenters. The van der Waals surface area contributed by atoms with Crippen LogP contribution in [0.15, 0.2) is 67.7 Å². The van der Waals surface area contributed by atoms with Gasteiger partial charge in [0.2, 0.25) is 0 Å². The zero-order valence-electron chi connectivity index (χ0n) is 16.9. The molecule has 3 rings (SSSR count). The smallest absolute Gasteiger partial charge is 0.129 e. The summed E-state index contributed by atoms with van der Waals surface area (Å²) in [6, 6.07) is 10.3. The van der Waals surface area contributed by atoms with Gasteiger partial charge in [0.25, 0.3) is 0 Å². The number of aromatic nitrogens is 1. The van der Waals surface area contributed by atoms with E-state index in [9.17, 15) is 0 Å². The molecule has 1 aromatic heterocycles. The van der Waals surface area contributed by atoms with Crippen molar-refractivity contribution in [2.24, 2.45) is 11.7 Å². The molecule has 0 spiro atoms. The Hall–Kier alpha value is -2.50. The molecular weight excluding hydrogens is 400 g/mol. The molecular formula is C23H29ClN4S. The Balaban J connectivity index is 0.000000941. The summed E-state index contributed by atoms with van der Waals surface area (Å²) in [5.41, 5.74) is 15.9. The minimum Gasteiger partial charge on any atom is -0.405 e. The van der Waals surface area contributed by atoms with Crippen LogP contribution in [-0.2, 0) is 6.42 Å². The quantitative estimate of drug-likeness (QED) is 0.522. The Bertz CT molecular complexity index is 923. The summed E-state index contributed by atoms with van der Waals surface area (Å²) >= 11 is 6.00. The minimum atomic E-state index is 0.152. The molecule has 0 radical (unpaired) electrons. The van der Waals surface area contributed by atoms with E-state index >= 15 is 0 Å². The van der Waals surface area contributed by atoms with Gasteiger partial charge in [-0.05, 0) is 36.6 Å². The van der Waals surface area contributed by atoms with Crippen molar-refractivity contribution in [1.82, 2.24) is 4.98 Å². The fourth-order valence-electron chi connectivity index (χ4n) is 3.17. The molecule has 29 heavy (non-hydrogen) atoms. The predicted molar refractivity (Wildman–Crippen MR) is 133 cm³/mol. The maximum Gasteiger partial charge on any atom is 0.129 e. The van der Waals surface area contributed by atoms with Gasteiger partial charge in [0.15, 0.2) is 0 Å². The van der Waals surface area contributed by atoms with Crippen molar-refractivity contribution >= 4 is 45.4 Å². The van der Waals surface area contributed by atoms with Gasteiger partial charge in [-0.15, -0.1) is 0 Å².